The lowest BCUT2D eigenvalue weighted by Crippen LogP contribution is -2.35. The molecule has 124 valence electrons. The van der Waals surface area contributed by atoms with E-state index >= 15 is 0 Å². The Morgan fingerprint density at radius 3 is 2.96 bits per heavy atom. The summed E-state index contributed by atoms with van der Waals surface area (Å²) in [6.07, 6.45) is 1.99. The number of urea groups is 1. The molecule has 0 aliphatic heterocycles. The molecule has 3 rings (SSSR count). The summed E-state index contributed by atoms with van der Waals surface area (Å²) >= 11 is 0. The van der Waals surface area contributed by atoms with Gasteiger partial charge in [0.2, 0.25) is 6.41 Å². The average Bonchev–Trinajstić information content (AvgIpc) is 3.05. The topological polar surface area (TPSA) is 108 Å². The first kappa shape index (κ1) is 16.2. The Morgan fingerprint density at radius 2 is 2.20 bits per heavy atom. The van der Waals surface area contributed by atoms with Gasteiger partial charge in [0.05, 0.1) is 23.4 Å². The third kappa shape index (κ3) is 3.48. The number of aromatic nitrogens is 1. The highest BCUT2D eigenvalue weighted by molar-refractivity contribution is 5.85. The Hall–Kier alpha value is -3.66. The van der Waals surface area contributed by atoms with Gasteiger partial charge in [-0.05, 0) is 25.1 Å². The lowest BCUT2D eigenvalue weighted by atomic mass is 10.1. The number of amides is 3. The molecule has 2 N–H and O–H groups in total. The number of carbonyl (C=O) groups is 2. The molecule has 0 spiro atoms. The van der Waals surface area contributed by atoms with Crippen molar-refractivity contribution in [3.63, 3.8) is 0 Å². The number of fused-ring (bicyclic) bond motifs is 1. The normalized spacial score (nSPS) is 11.5. The van der Waals surface area contributed by atoms with E-state index in [0.29, 0.717) is 29.0 Å². The first-order valence-corrected chi connectivity index (χ1v) is 7.51. The van der Waals surface area contributed by atoms with Crippen LogP contribution in [-0.4, -0.2) is 17.4 Å². The minimum atomic E-state index is -0.602. The van der Waals surface area contributed by atoms with E-state index < -0.39 is 12.1 Å². The van der Waals surface area contributed by atoms with Gasteiger partial charge in [-0.15, -0.1) is 0 Å². The molecule has 0 aliphatic rings. The molecule has 0 saturated heterocycles. The fraction of sp³-hybridized carbons (Fsp3) is 0.111. The Bertz CT molecular complexity index is 987. The summed E-state index contributed by atoms with van der Waals surface area (Å²) in [6, 6.07) is 11.8. The Labute approximate surface area is 143 Å². The number of furan rings is 1. The van der Waals surface area contributed by atoms with Crippen molar-refractivity contribution in [1.82, 2.24) is 15.6 Å². The molecular weight excluding hydrogens is 320 g/mol. The smallest absolute Gasteiger partial charge is 0.321 e. The predicted molar refractivity (Wildman–Crippen MR) is 90.3 cm³/mol. The van der Waals surface area contributed by atoms with Crippen molar-refractivity contribution in [2.75, 3.05) is 0 Å². The van der Waals surface area contributed by atoms with Crippen molar-refractivity contribution < 1.29 is 14.0 Å². The average molecular weight is 334 g/mol. The van der Waals surface area contributed by atoms with E-state index in [2.05, 4.69) is 16.4 Å². The molecule has 3 aromatic rings. The molecule has 1 atom stereocenters. The van der Waals surface area contributed by atoms with Crippen LogP contribution < -0.4 is 10.6 Å². The molecule has 7 nitrogen and oxygen atoms in total. The van der Waals surface area contributed by atoms with Gasteiger partial charge >= 0.3 is 6.03 Å². The second kappa shape index (κ2) is 6.84. The summed E-state index contributed by atoms with van der Waals surface area (Å²) in [5, 5.41) is 14.4. The van der Waals surface area contributed by atoms with Crippen molar-refractivity contribution in [2.24, 2.45) is 0 Å². The van der Waals surface area contributed by atoms with Crippen LogP contribution in [0.5, 0.6) is 0 Å². The maximum absolute atomic E-state index is 11.4. The molecule has 25 heavy (non-hydrogen) atoms. The first-order valence-electron chi connectivity index (χ1n) is 7.51. The lowest BCUT2D eigenvalue weighted by Gasteiger charge is -2.09. The van der Waals surface area contributed by atoms with E-state index in [1.54, 1.807) is 43.5 Å². The Balaban J connectivity index is 1.90. The van der Waals surface area contributed by atoms with Crippen LogP contribution in [0.4, 0.5) is 4.79 Å². The van der Waals surface area contributed by atoms with Crippen LogP contribution >= 0.6 is 0 Å². The summed E-state index contributed by atoms with van der Waals surface area (Å²) in [4.78, 5) is 26.1. The summed E-state index contributed by atoms with van der Waals surface area (Å²) in [7, 11) is 0. The second-order valence-electron chi connectivity index (χ2n) is 5.41. The summed E-state index contributed by atoms with van der Waals surface area (Å²) in [6.45, 7) is 1.74. The molecule has 0 bridgehead atoms. The van der Waals surface area contributed by atoms with Crippen LogP contribution in [0.25, 0.3) is 22.2 Å². The van der Waals surface area contributed by atoms with Crippen LogP contribution in [0.3, 0.4) is 0 Å². The van der Waals surface area contributed by atoms with Crippen LogP contribution in [0.15, 0.2) is 47.0 Å². The van der Waals surface area contributed by atoms with Crippen molar-refractivity contribution in [3.8, 4) is 17.3 Å². The van der Waals surface area contributed by atoms with Crippen LogP contribution in [-0.2, 0) is 4.79 Å². The van der Waals surface area contributed by atoms with Gasteiger partial charge in [-0.2, -0.15) is 5.26 Å². The van der Waals surface area contributed by atoms with Crippen molar-refractivity contribution in [1.29, 1.82) is 5.26 Å². The van der Waals surface area contributed by atoms with E-state index in [0.717, 1.165) is 10.9 Å². The van der Waals surface area contributed by atoms with Crippen LogP contribution in [0.2, 0.25) is 0 Å². The fourth-order valence-electron chi connectivity index (χ4n) is 2.44. The van der Waals surface area contributed by atoms with Crippen LogP contribution in [0.1, 0.15) is 24.3 Å². The number of pyridine rings is 1. The van der Waals surface area contributed by atoms with E-state index in [1.165, 1.54) is 0 Å². The van der Waals surface area contributed by atoms with E-state index in [1.807, 2.05) is 11.4 Å². The molecule has 2 aromatic heterocycles. The highest BCUT2D eigenvalue weighted by Crippen LogP contribution is 2.27. The van der Waals surface area contributed by atoms with E-state index in [-0.39, 0.29) is 0 Å². The maximum Gasteiger partial charge on any atom is 0.321 e. The molecule has 0 fully saturated rings. The van der Waals surface area contributed by atoms with Gasteiger partial charge < -0.3 is 9.73 Å². The van der Waals surface area contributed by atoms with Crippen LogP contribution in [0, 0.1) is 11.3 Å². The number of benzene rings is 1. The van der Waals surface area contributed by atoms with Crippen molar-refractivity contribution in [2.45, 2.75) is 13.0 Å². The molecule has 7 heteroatoms. The standard InChI is InChI=1S/C18H14N4O3/c1-11(22-18(24)21-10-23)16-6-14-9-20-15(7-17(14)25-16)13-4-2-3-12(5-13)8-19/h2-7,9-11H,1H3,(H2,21,22,23,24). The van der Waals surface area contributed by atoms with Crippen molar-refractivity contribution in [3.05, 3.63) is 53.9 Å². The largest absolute Gasteiger partial charge is 0.459 e. The van der Waals surface area contributed by atoms with Gasteiger partial charge in [0, 0.05) is 23.2 Å². The number of carbonyl (C=O) groups excluding carboxylic acids is 2. The predicted octanol–water partition coefficient (Wildman–Crippen LogP) is 2.88. The maximum atomic E-state index is 11.4. The minimum Gasteiger partial charge on any atom is -0.459 e. The molecule has 3 amide bonds. The van der Waals surface area contributed by atoms with Gasteiger partial charge in [-0.1, -0.05) is 12.1 Å². The number of hydrogen-bond acceptors (Lipinski definition) is 5. The molecule has 1 unspecified atom stereocenters. The molecule has 2 heterocycles. The summed E-state index contributed by atoms with van der Waals surface area (Å²) in [5.41, 5.74) is 2.67. The highest BCUT2D eigenvalue weighted by Gasteiger charge is 2.15. The number of nitriles is 1. The minimum absolute atomic E-state index is 0.312. The third-order valence-corrected chi connectivity index (χ3v) is 3.67. The monoisotopic (exact) mass is 334 g/mol. The lowest BCUT2D eigenvalue weighted by molar-refractivity contribution is -0.108. The zero-order valence-electron chi connectivity index (χ0n) is 13.3. The number of nitrogens with one attached hydrogen (secondary N) is 2. The second-order valence-corrected chi connectivity index (χ2v) is 5.41. The van der Waals surface area contributed by atoms with E-state index in [4.69, 9.17) is 9.68 Å². The zero-order valence-corrected chi connectivity index (χ0v) is 13.3. The zero-order chi connectivity index (χ0) is 17.8. The summed E-state index contributed by atoms with van der Waals surface area (Å²) in [5.74, 6) is 0.542. The highest BCUT2D eigenvalue weighted by atomic mass is 16.3. The number of hydrogen-bond donors (Lipinski definition) is 2. The van der Waals surface area contributed by atoms with Gasteiger partial charge in [0.1, 0.15) is 11.3 Å². The van der Waals surface area contributed by atoms with Gasteiger partial charge in [0.15, 0.2) is 0 Å². The van der Waals surface area contributed by atoms with E-state index in [9.17, 15) is 9.59 Å². The Kier molecular flexibility index (Phi) is 4.44. The quantitative estimate of drug-likeness (QED) is 0.713. The summed E-state index contributed by atoms with van der Waals surface area (Å²) < 4.78 is 5.79. The molecule has 0 aliphatic carbocycles. The molecule has 1 aromatic carbocycles. The molecular formula is C18H14N4O3. The SMILES string of the molecule is CC(NC(=O)NC=O)c1cc2cnc(-c3cccc(C#N)c3)cc2o1. The molecule has 0 saturated carbocycles. The van der Waals surface area contributed by atoms with Gasteiger partial charge in [-0.3, -0.25) is 15.1 Å². The van der Waals surface area contributed by atoms with Crippen molar-refractivity contribution >= 4 is 23.4 Å². The number of imide groups is 1. The van der Waals surface area contributed by atoms with Gasteiger partial charge in [-0.25, -0.2) is 4.79 Å². The molecule has 0 radical (unpaired) electrons. The third-order valence-electron chi connectivity index (χ3n) is 3.67. The number of nitrogens with zero attached hydrogens (tertiary/aromatic N) is 2. The van der Waals surface area contributed by atoms with Gasteiger partial charge in [0.25, 0.3) is 0 Å². The number of rotatable bonds is 4. The Morgan fingerprint density at radius 1 is 1.36 bits per heavy atom. The first-order chi connectivity index (χ1) is 12.1. The fourth-order valence-corrected chi connectivity index (χ4v) is 2.44.